The third-order valence-electron chi connectivity index (χ3n) is 1.20. The molecule has 0 amide bonds. The second kappa shape index (κ2) is 10.1. The lowest BCUT2D eigenvalue weighted by Crippen LogP contribution is -2.19. The monoisotopic (exact) mass is 208 g/mol. The number of aliphatic carboxylic acids is 1. The Hall–Kier alpha value is -0.940. The van der Waals surface area contributed by atoms with Crippen molar-refractivity contribution >= 4 is 11.8 Å². The topological polar surface area (TPSA) is 106 Å². The largest absolute Gasteiger partial charge is 0.481 e. The van der Waals surface area contributed by atoms with Crippen LogP contribution in [0.3, 0.4) is 0 Å². The Balaban J connectivity index is -0.000000209. The second-order valence-corrected chi connectivity index (χ2v) is 3.00. The van der Waals surface area contributed by atoms with Crippen molar-refractivity contribution in [2.75, 3.05) is 0 Å². The van der Waals surface area contributed by atoms with E-state index in [-0.39, 0.29) is 17.4 Å². The van der Waals surface area contributed by atoms with Gasteiger partial charge in [0.15, 0.2) is 0 Å². The molecule has 0 aromatic carbocycles. The molecular formula is C9H20O5. The van der Waals surface area contributed by atoms with Crippen molar-refractivity contribution in [3.63, 3.8) is 0 Å². The van der Waals surface area contributed by atoms with Gasteiger partial charge in [0.25, 0.3) is 0 Å². The van der Waals surface area contributed by atoms with E-state index in [1.165, 1.54) is 6.92 Å². The lowest BCUT2D eigenvalue weighted by Gasteiger charge is -2.01. The minimum atomic E-state index is -1.02. The third kappa shape index (κ3) is 13.6. The quantitative estimate of drug-likeness (QED) is 0.648. The Morgan fingerprint density at radius 2 is 1.57 bits per heavy atom. The van der Waals surface area contributed by atoms with Crippen LogP contribution in [0.15, 0.2) is 0 Å². The van der Waals surface area contributed by atoms with E-state index in [9.17, 15) is 9.59 Å². The fourth-order valence-corrected chi connectivity index (χ4v) is 0.636. The van der Waals surface area contributed by atoms with Crippen LogP contribution in [0.5, 0.6) is 0 Å². The molecule has 0 rings (SSSR count). The van der Waals surface area contributed by atoms with Gasteiger partial charge in [-0.05, 0) is 27.2 Å². The molecule has 1 unspecified atom stereocenters. The van der Waals surface area contributed by atoms with E-state index in [2.05, 4.69) is 0 Å². The maximum absolute atomic E-state index is 10.4. The summed E-state index contributed by atoms with van der Waals surface area (Å²) >= 11 is 0. The lowest BCUT2D eigenvalue weighted by atomic mass is 10.0. The fraction of sp³-hybridized carbons (Fsp3) is 0.778. The Kier molecular flexibility index (Phi) is 13.6. The number of carbonyl (C=O) groups is 2. The molecule has 0 aromatic heterocycles. The number of carbonyl (C=O) groups excluding carboxylic acids is 1. The minimum absolute atomic E-state index is 0. The molecule has 0 radical (unpaired) electrons. The molecule has 86 valence electrons. The number of rotatable bonds is 3. The molecule has 1 atom stereocenters. The van der Waals surface area contributed by atoms with E-state index >= 15 is 0 Å². The molecule has 0 spiro atoms. The summed E-state index contributed by atoms with van der Waals surface area (Å²) in [5.74, 6) is -2.10. The maximum Gasteiger partial charge on any atom is 0.314 e. The highest BCUT2D eigenvalue weighted by molar-refractivity contribution is 5.96. The summed E-state index contributed by atoms with van der Waals surface area (Å²) in [6, 6.07) is 0. The minimum Gasteiger partial charge on any atom is -0.481 e. The Morgan fingerprint density at radius 3 is 1.57 bits per heavy atom. The summed E-state index contributed by atoms with van der Waals surface area (Å²) in [5, 5.41) is 16.4. The van der Waals surface area contributed by atoms with Gasteiger partial charge in [-0.3, -0.25) is 9.59 Å². The number of carboxylic acids is 1. The average Bonchev–Trinajstić information content (AvgIpc) is 1.84. The van der Waals surface area contributed by atoms with E-state index in [0.29, 0.717) is 6.42 Å². The van der Waals surface area contributed by atoms with Crippen molar-refractivity contribution in [1.82, 2.24) is 0 Å². The summed E-state index contributed by atoms with van der Waals surface area (Å²) in [7, 11) is 0. The van der Waals surface area contributed by atoms with Gasteiger partial charge in [-0.1, -0.05) is 6.92 Å². The van der Waals surface area contributed by atoms with Gasteiger partial charge >= 0.3 is 5.97 Å². The van der Waals surface area contributed by atoms with E-state index in [0.717, 1.165) is 0 Å². The van der Waals surface area contributed by atoms with Crippen molar-refractivity contribution < 1.29 is 25.3 Å². The zero-order chi connectivity index (χ0) is 11.0. The van der Waals surface area contributed by atoms with Crippen LogP contribution in [0.2, 0.25) is 0 Å². The predicted molar refractivity (Wildman–Crippen MR) is 53.1 cm³/mol. The van der Waals surface area contributed by atoms with Crippen LogP contribution in [0.1, 0.15) is 34.1 Å². The van der Waals surface area contributed by atoms with Gasteiger partial charge in [0, 0.05) is 6.10 Å². The van der Waals surface area contributed by atoms with E-state index in [1.807, 2.05) is 0 Å². The molecule has 14 heavy (non-hydrogen) atoms. The molecule has 0 heterocycles. The molecule has 0 aliphatic carbocycles. The number of Topliss-reactive ketones (excluding diaryl/α,β-unsaturated/α-hetero) is 1. The lowest BCUT2D eigenvalue weighted by molar-refractivity contribution is -0.145. The normalized spacial score (nSPS) is 10.7. The first-order chi connectivity index (χ1) is 5.82. The van der Waals surface area contributed by atoms with Crippen molar-refractivity contribution in [3.05, 3.63) is 0 Å². The van der Waals surface area contributed by atoms with Crippen LogP contribution in [0, 0.1) is 5.92 Å². The number of carboxylic acid groups (broad SMARTS) is 1. The summed E-state index contributed by atoms with van der Waals surface area (Å²) in [5.41, 5.74) is 0. The zero-order valence-corrected chi connectivity index (χ0v) is 9.07. The van der Waals surface area contributed by atoms with Gasteiger partial charge in [-0.15, -0.1) is 0 Å². The molecule has 0 saturated carbocycles. The molecule has 0 bridgehead atoms. The highest BCUT2D eigenvalue weighted by Crippen LogP contribution is 2.02. The van der Waals surface area contributed by atoms with E-state index in [4.69, 9.17) is 10.2 Å². The van der Waals surface area contributed by atoms with Crippen LogP contribution in [-0.4, -0.2) is 33.5 Å². The highest BCUT2D eigenvalue weighted by atomic mass is 16.4. The predicted octanol–water partition coefficient (Wildman–Crippen LogP) is 0.249. The average molecular weight is 208 g/mol. The van der Waals surface area contributed by atoms with Crippen LogP contribution < -0.4 is 0 Å². The second-order valence-electron chi connectivity index (χ2n) is 3.00. The molecule has 0 aromatic rings. The number of hydrogen-bond donors (Lipinski definition) is 2. The first kappa shape index (κ1) is 18.8. The zero-order valence-electron chi connectivity index (χ0n) is 9.07. The summed E-state index contributed by atoms with van der Waals surface area (Å²) < 4.78 is 0. The van der Waals surface area contributed by atoms with Gasteiger partial charge in [0.1, 0.15) is 11.7 Å². The molecule has 0 fully saturated rings. The van der Waals surface area contributed by atoms with E-state index < -0.39 is 11.9 Å². The molecular weight excluding hydrogens is 188 g/mol. The van der Waals surface area contributed by atoms with E-state index in [1.54, 1.807) is 20.8 Å². The van der Waals surface area contributed by atoms with Crippen LogP contribution in [0.25, 0.3) is 0 Å². The number of aliphatic hydroxyl groups is 1. The van der Waals surface area contributed by atoms with Gasteiger partial charge in [-0.25, -0.2) is 0 Å². The molecule has 5 heteroatoms. The third-order valence-corrected chi connectivity index (χ3v) is 1.20. The number of aliphatic hydroxyl groups excluding tert-OH is 1. The fourth-order valence-electron chi connectivity index (χ4n) is 0.636. The molecule has 0 aliphatic rings. The van der Waals surface area contributed by atoms with Crippen LogP contribution in [-0.2, 0) is 9.59 Å². The van der Waals surface area contributed by atoms with Gasteiger partial charge in [-0.2, -0.15) is 0 Å². The maximum atomic E-state index is 10.4. The summed E-state index contributed by atoms with van der Waals surface area (Å²) in [4.78, 5) is 20.6. The summed E-state index contributed by atoms with van der Waals surface area (Å²) in [6.07, 6.45) is 0.213. The first-order valence-corrected chi connectivity index (χ1v) is 4.24. The van der Waals surface area contributed by atoms with Gasteiger partial charge in [0.2, 0.25) is 0 Å². The SMILES string of the molecule is CC(C)O.CCC(C(C)=O)C(=O)O.O. The number of hydrogen-bond acceptors (Lipinski definition) is 3. The van der Waals surface area contributed by atoms with Crippen molar-refractivity contribution in [3.8, 4) is 0 Å². The van der Waals surface area contributed by atoms with Crippen LogP contribution >= 0.6 is 0 Å². The van der Waals surface area contributed by atoms with Crippen molar-refractivity contribution in [2.45, 2.75) is 40.2 Å². The summed E-state index contributed by atoms with van der Waals surface area (Å²) in [6.45, 7) is 6.42. The number of ketones is 1. The highest BCUT2D eigenvalue weighted by Gasteiger charge is 2.19. The van der Waals surface area contributed by atoms with Gasteiger partial charge in [0.05, 0.1) is 0 Å². The van der Waals surface area contributed by atoms with Crippen molar-refractivity contribution in [1.29, 1.82) is 0 Å². The molecule has 5 nitrogen and oxygen atoms in total. The molecule has 0 saturated heterocycles. The Morgan fingerprint density at radius 1 is 1.29 bits per heavy atom. The first-order valence-electron chi connectivity index (χ1n) is 4.24. The Labute approximate surface area is 84.1 Å². The smallest absolute Gasteiger partial charge is 0.314 e. The van der Waals surface area contributed by atoms with Crippen molar-refractivity contribution in [2.24, 2.45) is 5.92 Å². The van der Waals surface area contributed by atoms with Gasteiger partial charge < -0.3 is 15.7 Å². The Bertz CT molecular complexity index is 148. The standard InChI is InChI=1S/C6H10O3.C3H8O.H2O/c1-3-5(4(2)7)6(8)9;1-3(2)4;/h5H,3H2,1-2H3,(H,8,9);3-4H,1-2H3;1H2. The molecule has 0 aliphatic heterocycles. The van der Waals surface area contributed by atoms with Crippen LogP contribution in [0.4, 0.5) is 0 Å². The molecule has 4 N–H and O–H groups in total.